The molecule has 1 N–H and O–H groups in total. The first-order valence-electron chi connectivity index (χ1n) is 9.10. The summed E-state index contributed by atoms with van der Waals surface area (Å²) in [6.07, 6.45) is -9.36. The molecule has 3 rings (SSSR count). The fourth-order valence-corrected chi connectivity index (χ4v) is 3.24. The number of carbonyl (C=O) groups excluding carboxylic acids is 1. The molecule has 0 bridgehead atoms. The molecule has 0 radical (unpaired) electrons. The second-order valence-electron chi connectivity index (χ2n) is 6.74. The van der Waals surface area contributed by atoms with E-state index in [0.29, 0.717) is 0 Å². The number of amides is 1. The summed E-state index contributed by atoms with van der Waals surface area (Å²) in [4.78, 5) is 29.3. The average molecular weight is 478 g/mol. The summed E-state index contributed by atoms with van der Waals surface area (Å²) in [6.45, 7) is 1.18. The summed E-state index contributed by atoms with van der Waals surface area (Å²) in [7, 11) is 0. The van der Waals surface area contributed by atoms with E-state index < -0.39 is 53.0 Å². The van der Waals surface area contributed by atoms with E-state index in [1.54, 1.807) is 5.32 Å². The van der Waals surface area contributed by atoms with Crippen LogP contribution in [0.3, 0.4) is 0 Å². The maximum atomic E-state index is 13.6. The van der Waals surface area contributed by atoms with Gasteiger partial charge in [-0.2, -0.15) is 26.3 Å². The average Bonchev–Trinajstić information content (AvgIpc) is 2.70. The number of nitrogens with zero attached hydrogens (tertiary/aromatic N) is 2. The first kappa shape index (κ1) is 23.6. The van der Waals surface area contributed by atoms with Gasteiger partial charge in [0.25, 0.3) is 5.91 Å². The third-order valence-electron chi connectivity index (χ3n) is 4.64. The quantitative estimate of drug-likeness (QED) is 0.418. The molecule has 3 aromatic rings. The lowest BCUT2D eigenvalue weighted by Crippen LogP contribution is -2.46. The minimum atomic E-state index is -4.81. The molecule has 2 aromatic heterocycles. The van der Waals surface area contributed by atoms with Crippen molar-refractivity contribution in [3.63, 3.8) is 0 Å². The van der Waals surface area contributed by atoms with Gasteiger partial charge in [0.05, 0.1) is 16.6 Å². The molecule has 1 unspecified atom stereocenters. The summed E-state index contributed by atoms with van der Waals surface area (Å²) in [6, 6.07) is 4.34. The summed E-state index contributed by atoms with van der Waals surface area (Å²) in [5.74, 6) is -1.38. The van der Waals surface area contributed by atoms with E-state index in [4.69, 9.17) is 11.6 Å². The topological polar surface area (TPSA) is 64.0 Å². The van der Waals surface area contributed by atoms with Crippen LogP contribution in [-0.4, -0.2) is 27.7 Å². The number of para-hydroxylation sites is 1. The van der Waals surface area contributed by atoms with Crippen molar-refractivity contribution in [3.8, 4) is 5.69 Å². The second kappa shape index (κ2) is 8.45. The lowest BCUT2D eigenvalue weighted by atomic mass is 10.1. The molecule has 0 spiro atoms. The number of halogens is 7. The molecule has 1 atom stereocenters. The second-order valence-corrected chi connectivity index (χ2v) is 7.13. The Balaban J connectivity index is 2.29. The Kier molecular flexibility index (Phi) is 6.23. The van der Waals surface area contributed by atoms with Crippen LogP contribution >= 0.6 is 11.6 Å². The van der Waals surface area contributed by atoms with Crippen LogP contribution in [0.5, 0.6) is 0 Å². The van der Waals surface area contributed by atoms with E-state index in [0.717, 1.165) is 35.0 Å². The molecule has 1 aromatic carbocycles. The predicted octanol–water partition coefficient (Wildman–Crippen LogP) is 5.13. The van der Waals surface area contributed by atoms with Gasteiger partial charge in [-0.25, -0.2) is 4.98 Å². The van der Waals surface area contributed by atoms with E-state index in [1.165, 1.54) is 19.1 Å². The lowest BCUT2D eigenvalue weighted by molar-refractivity contribution is -0.153. The minimum absolute atomic E-state index is 0.143. The molecule has 2 heterocycles. The zero-order valence-electron chi connectivity index (χ0n) is 16.2. The zero-order valence-corrected chi connectivity index (χ0v) is 16.9. The van der Waals surface area contributed by atoms with Gasteiger partial charge >= 0.3 is 12.4 Å². The molecule has 0 aliphatic rings. The molecular weight excluding hydrogens is 464 g/mol. The number of fused-ring (bicyclic) bond motifs is 1. The van der Waals surface area contributed by atoms with Crippen molar-refractivity contribution in [2.45, 2.75) is 31.7 Å². The van der Waals surface area contributed by atoms with Crippen LogP contribution in [-0.2, 0) is 6.18 Å². The maximum absolute atomic E-state index is 13.6. The van der Waals surface area contributed by atoms with Crippen molar-refractivity contribution in [1.29, 1.82) is 0 Å². The largest absolute Gasteiger partial charge is 0.418 e. The Morgan fingerprint density at radius 1 is 1.12 bits per heavy atom. The Hall–Kier alpha value is -3.08. The van der Waals surface area contributed by atoms with Crippen molar-refractivity contribution in [2.75, 3.05) is 0 Å². The molecule has 1 amide bonds. The van der Waals surface area contributed by atoms with Crippen LogP contribution in [0.4, 0.5) is 26.3 Å². The maximum Gasteiger partial charge on any atom is 0.418 e. The van der Waals surface area contributed by atoms with Crippen molar-refractivity contribution >= 4 is 28.5 Å². The fraction of sp³-hybridized carbons (Fsp3) is 0.250. The highest BCUT2D eigenvalue weighted by atomic mass is 35.5. The van der Waals surface area contributed by atoms with Crippen LogP contribution in [0.2, 0.25) is 5.15 Å². The summed E-state index contributed by atoms with van der Waals surface area (Å²) < 4.78 is 80.8. The molecule has 0 saturated carbocycles. The van der Waals surface area contributed by atoms with Crippen molar-refractivity contribution in [3.05, 3.63) is 69.1 Å². The third-order valence-corrected chi connectivity index (χ3v) is 4.85. The van der Waals surface area contributed by atoms with Gasteiger partial charge in [0, 0.05) is 6.20 Å². The van der Waals surface area contributed by atoms with Crippen LogP contribution in [0.25, 0.3) is 16.7 Å². The summed E-state index contributed by atoms with van der Waals surface area (Å²) in [5, 5.41) is 1.28. The number of aromatic nitrogens is 2. The van der Waals surface area contributed by atoms with Gasteiger partial charge in [-0.3, -0.25) is 14.2 Å². The normalized spacial score (nSPS) is 13.2. The van der Waals surface area contributed by atoms with Crippen molar-refractivity contribution < 1.29 is 31.1 Å². The molecule has 0 fully saturated rings. The highest BCUT2D eigenvalue weighted by Crippen LogP contribution is 2.34. The number of alkyl halides is 6. The van der Waals surface area contributed by atoms with Crippen LogP contribution in [0.1, 0.15) is 29.3 Å². The minimum Gasteiger partial charge on any atom is -0.340 e. The van der Waals surface area contributed by atoms with Gasteiger partial charge in [0.1, 0.15) is 22.4 Å². The van der Waals surface area contributed by atoms with Crippen molar-refractivity contribution in [1.82, 2.24) is 14.9 Å². The van der Waals surface area contributed by atoms with Crippen LogP contribution < -0.4 is 10.7 Å². The first-order valence-corrected chi connectivity index (χ1v) is 9.48. The number of rotatable bonds is 4. The lowest BCUT2D eigenvalue weighted by Gasteiger charge is -2.21. The molecule has 0 saturated heterocycles. The molecule has 170 valence electrons. The number of nitrogens with one attached hydrogen (secondary N) is 1. The van der Waals surface area contributed by atoms with Gasteiger partial charge < -0.3 is 5.32 Å². The van der Waals surface area contributed by atoms with Gasteiger partial charge in [-0.15, -0.1) is 0 Å². The van der Waals surface area contributed by atoms with E-state index in [9.17, 15) is 35.9 Å². The molecule has 5 nitrogen and oxygen atoms in total. The van der Waals surface area contributed by atoms with E-state index in [1.807, 2.05) is 0 Å². The van der Waals surface area contributed by atoms with E-state index in [2.05, 4.69) is 4.98 Å². The van der Waals surface area contributed by atoms with Crippen LogP contribution in [0, 0.1) is 0 Å². The molecule has 12 heteroatoms. The number of hydrogen-bond donors (Lipinski definition) is 1. The standard InChI is InChI=1S/C20H14ClF6N3O2/c1-2-14(20(25,26)27)28-18(32)11-9-30(13-6-4-3-5-12(13)19(22,23)24)17-10(16(11)31)7-8-15(21)29-17/h3-9,14H,2H2,1H3,(H,28,32). The zero-order chi connectivity index (χ0) is 23.8. The smallest absolute Gasteiger partial charge is 0.340 e. The first-order chi connectivity index (χ1) is 14.8. The Bertz CT molecular complexity index is 1240. The third kappa shape index (κ3) is 4.57. The van der Waals surface area contributed by atoms with E-state index >= 15 is 0 Å². The summed E-state index contributed by atoms with van der Waals surface area (Å²) in [5.41, 5.74) is -3.67. The van der Waals surface area contributed by atoms with Gasteiger partial charge in [-0.05, 0) is 30.7 Å². The Morgan fingerprint density at radius 3 is 2.38 bits per heavy atom. The number of pyridine rings is 2. The van der Waals surface area contributed by atoms with Gasteiger partial charge in [0.15, 0.2) is 0 Å². The van der Waals surface area contributed by atoms with E-state index in [-0.39, 0.29) is 16.2 Å². The monoisotopic (exact) mass is 477 g/mol. The predicted molar refractivity (Wildman–Crippen MR) is 105 cm³/mol. The molecule has 32 heavy (non-hydrogen) atoms. The molecule has 0 aliphatic carbocycles. The van der Waals surface area contributed by atoms with Crippen LogP contribution in [0.15, 0.2) is 47.4 Å². The Morgan fingerprint density at radius 2 is 1.78 bits per heavy atom. The number of benzene rings is 1. The molecular formula is C20H14ClF6N3O2. The number of carbonyl (C=O) groups is 1. The van der Waals surface area contributed by atoms with Crippen molar-refractivity contribution in [2.24, 2.45) is 0 Å². The molecule has 0 aliphatic heterocycles. The summed E-state index contributed by atoms with van der Waals surface area (Å²) >= 11 is 5.85. The highest BCUT2D eigenvalue weighted by molar-refractivity contribution is 6.29. The van der Waals surface area contributed by atoms with Gasteiger partial charge in [-0.1, -0.05) is 30.7 Å². The fourth-order valence-electron chi connectivity index (χ4n) is 3.10. The SMILES string of the molecule is CCC(NC(=O)c1cn(-c2ccccc2C(F)(F)F)c2nc(Cl)ccc2c1=O)C(F)(F)F. The van der Waals surface area contributed by atoms with Gasteiger partial charge in [0.2, 0.25) is 5.43 Å². The Labute approximate surface area is 181 Å². The highest BCUT2D eigenvalue weighted by Gasteiger charge is 2.40. The number of hydrogen-bond acceptors (Lipinski definition) is 3.